The van der Waals surface area contributed by atoms with Crippen LogP contribution in [-0.4, -0.2) is 37.6 Å². The number of hydrazone groups is 1. The van der Waals surface area contributed by atoms with Crippen LogP contribution < -0.4 is 9.91 Å². The van der Waals surface area contributed by atoms with E-state index < -0.39 is 0 Å². The molecule has 0 fully saturated rings. The molecule has 0 spiro atoms. The Morgan fingerprint density at radius 3 is 2.35 bits per heavy atom. The smallest absolute Gasteiger partial charge is 0.280 e. The molecule has 1 aliphatic rings. The fraction of sp³-hybridized carbons (Fsp3) is 0.200. The fourth-order valence-electron chi connectivity index (χ4n) is 2.67. The number of benzene rings is 2. The Labute approximate surface area is 152 Å². The number of carbonyl (C=O) groups is 1. The van der Waals surface area contributed by atoms with Gasteiger partial charge in [0.1, 0.15) is 12.3 Å². The third kappa shape index (κ3) is 3.66. The van der Waals surface area contributed by atoms with Gasteiger partial charge in [-0.25, -0.2) is 4.89 Å². The molecule has 2 aromatic rings. The maximum atomic E-state index is 12.9. The van der Waals surface area contributed by atoms with Crippen LogP contribution in [0.4, 0.5) is 11.4 Å². The third-order valence-electron chi connectivity index (χ3n) is 4.15. The number of nitrogens with zero attached hydrogens (tertiary/aromatic N) is 3. The molecular formula is C20H21N3O3. The first-order valence-corrected chi connectivity index (χ1v) is 8.24. The van der Waals surface area contributed by atoms with Crippen molar-refractivity contribution in [1.82, 2.24) is 0 Å². The predicted octanol–water partition coefficient (Wildman–Crippen LogP) is 3.34. The lowest BCUT2D eigenvalue weighted by molar-refractivity contribution is -0.227. The van der Waals surface area contributed by atoms with E-state index in [2.05, 4.69) is 9.99 Å². The van der Waals surface area contributed by atoms with Gasteiger partial charge in [0.05, 0.1) is 11.3 Å². The molecular weight excluding hydrogens is 330 g/mol. The average Bonchev–Trinajstić information content (AvgIpc) is 2.93. The van der Waals surface area contributed by atoms with Crippen LogP contribution in [0.5, 0.6) is 0 Å². The summed E-state index contributed by atoms with van der Waals surface area (Å²) >= 11 is 0. The van der Waals surface area contributed by atoms with Crippen molar-refractivity contribution in [1.29, 1.82) is 0 Å². The van der Waals surface area contributed by atoms with Crippen LogP contribution in [0.2, 0.25) is 0 Å². The number of hydrogen-bond donors (Lipinski definition) is 1. The van der Waals surface area contributed by atoms with Gasteiger partial charge in [-0.2, -0.15) is 10.1 Å². The number of carbonyl (C=O) groups excluding carboxylic acids is 1. The molecule has 0 saturated carbocycles. The summed E-state index contributed by atoms with van der Waals surface area (Å²) in [6.07, 6.45) is 1.76. The Hall–Kier alpha value is -2.96. The van der Waals surface area contributed by atoms with Crippen LogP contribution in [-0.2, 0) is 9.68 Å². The van der Waals surface area contributed by atoms with E-state index in [4.69, 9.17) is 5.26 Å². The highest BCUT2D eigenvalue weighted by Crippen LogP contribution is 2.26. The van der Waals surface area contributed by atoms with Gasteiger partial charge in [0.15, 0.2) is 0 Å². The first-order chi connectivity index (χ1) is 12.5. The van der Waals surface area contributed by atoms with Gasteiger partial charge < -0.3 is 4.90 Å². The Morgan fingerprint density at radius 1 is 1.12 bits per heavy atom. The van der Waals surface area contributed by atoms with Gasteiger partial charge in [-0.15, -0.1) is 0 Å². The average molecular weight is 351 g/mol. The first-order valence-electron chi connectivity index (χ1n) is 8.24. The Morgan fingerprint density at radius 2 is 1.77 bits per heavy atom. The topological polar surface area (TPSA) is 65.4 Å². The van der Waals surface area contributed by atoms with Gasteiger partial charge in [0.2, 0.25) is 0 Å². The van der Waals surface area contributed by atoms with Crippen molar-refractivity contribution in [3.8, 4) is 0 Å². The lowest BCUT2D eigenvalue weighted by Crippen LogP contribution is -2.21. The van der Waals surface area contributed by atoms with Crippen LogP contribution in [0.1, 0.15) is 11.1 Å². The van der Waals surface area contributed by atoms with E-state index in [0.29, 0.717) is 17.0 Å². The molecule has 0 saturated heterocycles. The standard InChI is InChI=1S/C20H21N3O3/c1-14-4-8-17(9-5-14)23-20(24)18(19(21-23)13-26-25)12-15-6-10-16(11-7-15)22(2)3/h4-12,25H,13H2,1-3H3. The van der Waals surface area contributed by atoms with Gasteiger partial charge in [0.25, 0.3) is 5.91 Å². The van der Waals surface area contributed by atoms with E-state index in [1.54, 1.807) is 6.08 Å². The fourth-order valence-corrected chi connectivity index (χ4v) is 2.67. The summed E-state index contributed by atoms with van der Waals surface area (Å²) in [5, 5.41) is 14.5. The van der Waals surface area contributed by atoms with E-state index in [-0.39, 0.29) is 12.5 Å². The summed E-state index contributed by atoms with van der Waals surface area (Å²) in [6.45, 7) is 1.82. The van der Waals surface area contributed by atoms with Crippen LogP contribution in [0.25, 0.3) is 6.08 Å². The minimum Gasteiger partial charge on any atom is -0.378 e. The van der Waals surface area contributed by atoms with Crippen molar-refractivity contribution < 1.29 is 14.9 Å². The molecule has 0 radical (unpaired) electrons. The van der Waals surface area contributed by atoms with Crippen molar-refractivity contribution in [2.75, 3.05) is 30.6 Å². The van der Waals surface area contributed by atoms with Crippen molar-refractivity contribution >= 4 is 29.1 Å². The summed E-state index contributed by atoms with van der Waals surface area (Å²) < 4.78 is 0. The molecule has 6 nitrogen and oxygen atoms in total. The quantitative estimate of drug-likeness (QED) is 0.510. The van der Waals surface area contributed by atoms with Gasteiger partial charge in [0, 0.05) is 19.8 Å². The summed E-state index contributed by atoms with van der Waals surface area (Å²) in [4.78, 5) is 19.1. The van der Waals surface area contributed by atoms with E-state index in [1.807, 2.05) is 74.4 Å². The summed E-state index contributed by atoms with van der Waals surface area (Å²) in [5.74, 6) is -0.252. The Balaban J connectivity index is 1.93. The van der Waals surface area contributed by atoms with Crippen LogP contribution in [0.15, 0.2) is 59.2 Å². The molecule has 2 aromatic carbocycles. The van der Waals surface area contributed by atoms with Gasteiger partial charge >= 0.3 is 0 Å². The Kier molecular flexibility index (Phi) is 5.16. The van der Waals surface area contributed by atoms with Crippen LogP contribution in [0.3, 0.4) is 0 Å². The molecule has 6 heteroatoms. The number of hydrogen-bond acceptors (Lipinski definition) is 5. The molecule has 0 aliphatic carbocycles. The molecule has 0 aromatic heterocycles. The monoisotopic (exact) mass is 351 g/mol. The molecule has 1 amide bonds. The summed E-state index contributed by atoms with van der Waals surface area (Å²) in [5.41, 5.74) is 4.49. The second kappa shape index (κ2) is 7.51. The maximum Gasteiger partial charge on any atom is 0.280 e. The Bertz CT molecular complexity index is 853. The number of anilines is 2. The molecule has 134 valence electrons. The highest BCUT2D eigenvalue weighted by molar-refractivity contribution is 6.33. The van der Waals surface area contributed by atoms with Crippen LogP contribution in [0, 0.1) is 6.92 Å². The molecule has 0 bridgehead atoms. The second-order valence-electron chi connectivity index (χ2n) is 6.32. The molecule has 1 N–H and O–H groups in total. The molecule has 1 aliphatic heterocycles. The normalized spacial score (nSPS) is 15.5. The number of amides is 1. The molecule has 0 atom stereocenters. The van der Waals surface area contributed by atoms with E-state index in [0.717, 1.165) is 16.8 Å². The minimum absolute atomic E-state index is 0.157. The van der Waals surface area contributed by atoms with Gasteiger partial charge in [-0.1, -0.05) is 29.8 Å². The zero-order valence-corrected chi connectivity index (χ0v) is 15.0. The van der Waals surface area contributed by atoms with Crippen molar-refractivity contribution in [2.24, 2.45) is 5.10 Å². The summed E-state index contributed by atoms with van der Waals surface area (Å²) in [6, 6.07) is 15.3. The van der Waals surface area contributed by atoms with Crippen molar-refractivity contribution in [3.05, 3.63) is 65.2 Å². The summed E-state index contributed by atoms with van der Waals surface area (Å²) in [7, 11) is 3.94. The maximum absolute atomic E-state index is 12.9. The third-order valence-corrected chi connectivity index (χ3v) is 4.15. The lowest BCUT2D eigenvalue weighted by Gasteiger charge is -2.12. The van der Waals surface area contributed by atoms with E-state index in [1.165, 1.54) is 5.01 Å². The van der Waals surface area contributed by atoms with Gasteiger partial charge in [-0.3, -0.25) is 10.1 Å². The van der Waals surface area contributed by atoms with Crippen molar-refractivity contribution in [3.63, 3.8) is 0 Å². The highest BCUT2D eigenvalue weighted by atomic mass is 17.1. The van der Waals surface area contributed by atoms with Crippen LogP contribution >= 0.6 is 0 Å². The molecule has 26 heavy (non-hydrogen) atoms. The molecule has 0 unspecified atom stereocenters. The van der Waals surface area contributed by atoms with E-state index >= 15 is 0 Å². The molecule has 3 rings (SSSR count). The van der Waals surface area contributed by atoms with Gasteiger partial charge in [-0.05, 0) is 42.8 Å². The number of rotatable bonds is 5. The lowest BCUT2D eigenvalue weighted by atomic mass is 10.1. The predicted molar refractivity (Wildman–Crippen MR) is 103 cm³/mol. The first kappa shape index (κ1) is 17.8. The minimum atomic E-state index is -0.252. The van der Waals surface area contributed by atoms with Crippen molar-refractivity contribution in [2.45, 2.75) is 6.92 Å². The number of aryl methyl sites for hydroxylation is 1. The van der Waals surface area contributed by atoms with E-state index in [9.17, 15) is 4.79 Å². The second-order valence-corrected chi connectivity index (χ2v) is 6.32. The zero-order valence-electron chi connectivity index (χ0n) is 15.0. The SMILES string of the molecule is Cc1ccc(N2N=C(COO)C(=Cc3ccc(N(C)C)cc3)C2=O)cc1. The highest BCUT2D eigenvalue weighted by Gasteiger charge is 2.31. The molecule has 1 heterocycles. The zero-order chi connectivity index (χ0) is 18.7. The largest absolute Gasteiger partial charge is 0.378 e.